The molecule has 8 heteroatoms. The molecular formula is C10H7ClN4O3. The lowest BCUT2D eigenvalue weighted by Gasteiger charge is -1.98. The van der Waals surface area contributed by atoms with Crippen LogP contribution in [0.3, 0.4) is 0 Å². The third kappa shape index (κ3) is 2.69. The molecule has 0 unspecified atom stereocenters. The average molecular weight is 267 g/mol. The van der Waals surface area contributed by atoms with Crippen molar-refractivity contribution in [3.63, 3.8) is 0 Å². The van der Waals surface area contributed by atoms with Crippen molar-refractivity contribution in [2.75, 3.05) is 0 Å². The summed E-state index contributed by atoms with van der Waals surface area (Å²) in [4.78, 5) is 24.9. The van der Waals surface area contributed by atoms with Crippen LogP contribution in [0.2, 0.25) is 5.02 Å². The van der Waals surface area contributed by atoms with E-state index in [1.165, 1.54) is 0 Å². The summed E-state index contributed by atoms with van der Waals surface area (Å²) in [6.45, 7) is -0.109. The lowest BCUT2D eigenvalue weighted by Crippen LogP contribution is -2.11. The second kappa shape index (κ2) is 4.92. The second-order valence-corrected chi connectivity index (χ2v) is 3.87. The summed E-state index contributed by atoms with van der Waals surface area (Å²) in [7, 11) is 0. The molecule has 1 heterocycles. The van der Waals surface area contributed by atoms with Crippen LogP contribution < -0.4 is 0 Å². The molecule has 0 radical (unpaired) electrons. The van der Waals surface area contributed by atoms with Gasteiger partial charge in [0.05, 0.1) is 0 Å². The van der Waals surface area contributed by atoms with Crippen molar-refractivity contribution in [1.82, 2.24) is 14.8 Å². The Morgan fingerprint density at radius 1 is 1.39 bits per heavy atom. The molecule has 0 fully saturated rings. The average Bonchev–Trinajstić information content (AvgIpc) is 2.78. The summed E-state index contributed by atoms with van der Waals surface area (Å²) in [6, 6.07) is 6.35. The normalized spacial score (nSPS) is 10.3. The van der Waals surface area contributed by atoms with Gasteiger partial charge in [-0.2, -0.15) is 4.68 Å². The molecule has 0 spiro atoms. The first-order chi connectivity index (χ1) is 8.56. The highest BCUT2D eigenvalue weighted by atomic mass is 35.5. The van der Waals surface area contributed by atoms with Gasteiger partial charge in [0, 0.05) is 15.7 Å². The maximum absolute atomic E-state index is 11.8. The number of Topliss-reactive ketones (excluding diaryl/α,β-unsaturated/α-hetero) is 1. The summed E-state index contributed by atoms with van der Waals surface area (Å²) in [6.07, 6.45) is 1.14. The minimum Gasteiger partial charge on any atom is -0.390 e. The third-order valence-corrected chi connectivity index (χ3v) is 2.41. The Morgan fingerprint density at radius 3 is 2.61 bits per heavy atom. The van der Waals surface area contributed by atoms with Gasteiger partial charge in [-0.25, -0.2) is 0 Å². The van der Waals surface area contributed by atoms with E-state index in [9.17, 15) is 14.9 Å². The van der Waals surface area contributed by atoms with Crippen LogP contribution in [0.1, 0.15) is 10.4 Å². The first-order valence-electron chi connectivity index (χ1n) is 4.89. The van der Waals surface area contributed by atoms with E-state index in [-0.39, 0.29) is 12.3 Å². The molecule has 1 aromatic carbocycles. The quantitative estimate of drug-likeness (QED) is 0.477. The molecule has 2 aromatic rings. The van der Waals surface area contributed by atoms with Gasteiger partial charge in [0.15, 0.2) is 5.78 Å². The fourth-order valence-corrected chi connectivity index (χ4v) is 1.44. The van der Waals surface area contributed by atoms with E-state index in [0.717, 1.165) is 11.0 Å². The molecule has 18 heavy (non-hydrogen) atoms. The van der Waals surface area contributed by atoms with Gasteiger partial charge in [-0.15, -0.1) is 0 Å². The minimum absolute atomic E-state index is 0.109. The van der Waals surface area contributed by atoms with Crippen LogP contribution in [0.25, 0.3) is 0 Å². The minimum atomic E-state index is -0.719. The van der Waals surface area contributed by atoms with Crippen LogP contribution in [0.15, 0.2) is 30.6 Å². The van der Waals surface area contributed by atoms with E-state index in [1.807, 2.05) is 0 Å². The molecule has 2 rings (SSSR count). The lowest BCUT2D eigenvalue weighted by atomic mass is 10.1. The van der Waals surface area contributed by atoms with Crippen LogP contribution in [-0.4, -0.2) is 25.5 Å². The standard InChI is InChI=1S/C10H7ClN4O3/c11-8-3-1-7(2-4-8)9(16)5-14-6-12-10(13-14)15(17)18/h1-4,6H,5H2. The topological polar surface area (TPSA) is 90.9 Å². The van der Waals surface area contributed by atoms with Crippen molar-refractivity contribution < 1.29 is 9.72 Å². The number of nitro groups is 1. The molecule has 0 saturated heterocycles. The monoisotopic (exact) mass is 266 g/mol. The Labute approximate surface area is 106 Å². The number of rotatable bonds is 4. The summed E-state index contributed by atoms with van der Waals surface area (Å²) in [5.41, 5.74) is 0.456. The Hall–Kier alpha value is -2.28. The highest BCUT2D eigenvalue weighted by Crippen LogP contribution is 2.10. The number of benzene rings is 1. The maximum atomic E-state index is 11.8. The predicted octanol–water partition coefficient (Wildman–Crippen LogP) is 1.72. The first kappa shape index (κ1) is 12.2. The van der Waals surface area contributed by atoms with Gasteiger partial charge < -0.3 is 10.1 Å². The second-order valence-electron chi connectivity index (χ2n) is 3.43. The van der Waals surface area contributed by atoms with Crippen LogP contribution >= 0.6 is 11.6 Å². The number of carbonyl (C=O) groups is 1. The number of hydrogen-bond acceptors (Lipinski definition) is 5. The van der Waals surface area contributed by atoms with Gasteiger partial charge in [-0.3, -0.25) is 4.79 Å². The van der Waals surface area contributed by atoms with Crippen LogP contribution in [0, 0.1) is 10.1 Å². The van der Waals surface area contributed by atoms with E-state index in [2.05, 4.69) is 10.1 Å². The Morgan fingerprint density at radius 2 is 2.06 bits per heavy atom. The smallest absolute Gasteiger partial charge is 0.390 e. The summed E-state index contributed by atoms with van der Waals surface area (Å²) in [5, 5.41) is 14.5. The van der Waals surface area contributed by atoms with E-state index in [0.29, 0.717) is 10.6 Å². The predicted molar refractivity (Wildman–Crippen MR) is 62.5 cm³/mol. The molecule has 0 amide bonds. The Kier molecular flexibility index (Phi) is 3.33. The summed E-state index contributed by atoms with van der Waals surface area (Å²) in [5.74, 6) is -0.759. The van der Waals surface area contributed by atoms with Gasteiger partial charge in [0.25, 0.3) is 0 Å². The van der Waals surface area contributed by atoms with Crippen molar-refractivity contribution in [3.05, 3.63) is 51.3 Å². The molecule has 0 bridgehead atoms. The molecule has 0 saturated carbocycles. The number of aromatic nitrogens is 3. The Bertz CT molecular complexity index is 593. The van der Waals surface area contributed by atoms with Crippen LogP contribution in [0.4, 0.5) is 5.95 Å². The number of carbonyl (C=O) groups excluding carboxylic acids is 1. The SMILES string of the molecule is O=C(Cn1cnc([N+](=O)[O-])n1)c1ccc(Cl)cc1. The van der Waals surface area contributed by atoms with Gasteiger partial charge in [0.1, 0.15) is 6.54 Å². The van der Waals surface area contributed by atoms with E-state index in [4.69, 9.17) is 11.6 Å². The summed E-state index contributed by atoms with van der Waals surface area (Å²) < 4.78 is 1.12. The highest BCUT2D eigenvalue weighted by Gasteiger charge is 2.15. The van der Waals surface area contributed by atoms with Gasteiger partial charge >= 0.3 is 5.95 Å². The molecule has 7 nitrogen and oxygen atoms in total. The maximum Gasteiger partial charge on any atom is 0.490 e. The van der Waals surface area contributed by atoms with Crippen molar-refractivity contribution in [2.24, 2.45) is 0 Å². The zero-order valence-electron chi connectivity index (χ0n) is 8.99. The molecule has 92 valence electrons. The van der Waals surface area contributed by atoms with Crippen LogP contribution in [-0.2, 0) is 6.54 Å². The Balaban J connectivity index is 2.11. The molecule has 1 aromatic heterocycles. The number of halogens is 1. The zero-order chi connectivity index (χ0) is 13.1. The number of nitrogens with zero attached hydrogens (tertiary/aromatic N) is 4. The van der Waals surface area contributed by atoms with Crippen molar-refractivity contribution in [2.45, 2.75) is 6.54 Å². The molecule has 0 N–H and O–H groups in total. The van der Waals surface area contributed by atoms with Gasteiger partial charge in [-0.05, 0) is 29.2 Å². The lowest BCUT2D eigenvalue weighted by molar-refractivity contribution is -0.394. The zero-order valence-corrected chi connectivity index (χ0v) is 9.74. The first-order valence-corrected chi connectivity index (χ1v) is 5.26. The van der Waals surface area contributed by atoms with Gasteiger partial charge in [0.2, 0.25) is 6.33 Å². The molecule has 0 aliphatic carbocycles. The van der Waals surface area contributed by atoms with E-state index in [1.54, 1.807) is 24.3 Å². The molecular weight excluding hydrogens is 260 g/mol. The van der Waals surface area contributed by atoms with Crippen molar-refractivity contribution in [1.29, 1.82) is 0 Å². The fourth-order valence-electron chi connectivity index (χ4n) is 1.32. The largest absolute Gasteiger partial charge is 0.490 e. The summed E-state index contributed by atoms with van der Waals surface area (Å²) >= 11 is 5.70. The number of hydrogen-bond donors (Lipinski definition) is 0. The molecule has 0 aliphatic heterocycles. The van der Waals surface area contributed by atoms with E-state index < -0.39 is 10.9 Å². The molecule has 0 atom stereocenters. The highest BCUT2D eigenvalue weighted by molar-refractivity contribution is 6.30. The number of ketones is 1. The van der Waals surface area contributed by atoms with Crippen molar-refractivity contribution in [3.8, 4) is 0 Å². The van der Waals surface area contributed by atoms with Crippen molar-refractivity contribution >= 4 is 23.3 Å². The van der Waals surface area contributed by atoms with E-state index >= 15 is 0 Å². The van der Waals surface area contributed by atoms with Gasteiger partial charge in [-0.1, -0.05) is 16.6 Å². The third-order valence-electron chi connectivity index (χ3n) is 2.16. The molecule has 0 aliphatic rings. The van der Waals surface area contributed by atoms with Crippen LogP contribution in [0.5, 0.6) is 0 Å². The fraction of sp³-hybridized carbons (Fsp3) is 0.100.